The molecule has 16 heavy (non-hydrogen) atoms. The molecular weight excluding hydrogens is 223 g/mol. The Bertz CT molecular complexity index is 359. The van der Waals surface area contributed by atoms with Crippen molar-refractivity contribution in [2.24, 2.45) is 0 Å². The van der Waals surface area contributed by atoms with Gasteiger partial charge in [-0.3, -0.25) is 9.78 Å². The maximum absolute atomic E-state index is 12.2. The molecule has 0 saturated carbocycles. The SMILES string of the molecule is COCC(=O)Cc1ccc(C(F)(F)F)cn1. The summed E-state index contributed by atoms with van der Waals surface area (Å²) in [7, 11) is 1.37. The summed E-state index contributed by atoms with van der Waals surface area (Å²) in [5.41, 5.74) is -0.523. The zero-order chi connectivity index (χ0) is 12.2. The zero-order valence-corrected chi connectivity index (χ0v) is 8.54. The minimum atomic E-state index is -4.40. The molecule has 1 aromatic rings. The summed E-state index contributed by atoms with van der Waals surface area (Å²) >= 11 is 0. The predicted molar refractivity (Wildman–Crippen MR) is 49.8 cm³/mol. The molecule has 0 bridgehead atoms. The Morgan fingerprint density at radius 2 is 2.12 bits per heavy atom. The largest absolute Gasteiger partial charge is 0.417 e. The van der Waals surface area contributed by atoms with E-state index < -0.39 is 11.7 Å². The van der Waals surface area contributed by atoms with Gasteiger partial charge in [0.2, 0.25) is 0 Å². The molecule has 0 fully saturated rings. The summed E-state index contributed by atoms with van der Waals surface area (Å²) in [4.78, 5) is 14.7. The number of nitrogens with zero attached hydrogens (tertiary/aromatic N) is 1. The van der Waals surface area contributed by atoms with Gasteiger partial charge < -0.3 is 4.74 Å². The Hall–Kier alpha value is -1.43. The lowest BCUT2D eigenvalue weighted by atomic mass is 10.2. The van der Waals surface area contributed by atoms with Crippen molar-refractivity contribution in [2.75, 3.05) is 13.7 Å². The first kappa shape index (κ1) is 12.6. The number of aromatic nitrogens is 1. The summed E-state index contributed by atoms with van der Waals surface area (Å²) in [6.07, 6.45) is -3.70. The molecule has 1 rings (SSSR count). The molecule has 0 N–H and O–H groups in total. The van der Waals surface area contributed by atoms with Crippen LogP contribution in [0.5, 0.6) is 0 Å². The molecule has 0 radical (unpaired) electrons. The van der Waals surface area contributed by atoms with Crippen LogP contribution in [0.15, 0.2) is 18.3 Å². The van der Waals surface area contributed by atoms with E-state index in [0.29, 0.717) is 5.69 Å². The second-order valence-corrected chi connectivity index (χ2v) is 3.18. The second kappa shape index (κ2) is 5.07. The lowest BCUT2D eigenvalue weighted by Gasteiger charge is -2.06. The number of pyridine rings is 1. The molecule has 0 saturated heterocycles. The van der Waals surface area contributed by atoms with Gasteiger partial charge in [0.1, 0.15) is 6.61 Å². The highest BCUT2D eigenvalue weighted by Gasteiger charge is 2.30. The van der Waals surface area contributed by atoms with Crippen molar-refractivity contribution < 1.29 is 22.7 Å². The van der Waals surface area contributed by atoms with E-state index in [1.807, 2.05) is 0 Å². The van der Waals surface area contributed by atoms with Crippen molar-refractivity contribution in [3.8, 4) is 0 Å². The minimum absolute atomic E-state index is 0.0218. The van der Waals surface area contributed by atoms with Crippen molar-refractivity contribution in [2.45, 2.75) is 12.6 Å². The second-order valence-electron chi connectivity index (χ2n) is 3.18. The average Bonchev–Trinajstić information content (AvgIpc) is 2.17. The first-order chi connectivity index (χ1) is 7.43. The average molecular weight is 233 g/mol. The van der Waals surface area contributed by atoms with Gasteiger partial charge in [-0.2, -0.15) is 13.2 Å². The molecule has 0 aliphatic heterocycles. The van der Waals surface area contributed by atoms with Crippen LogP contribution < -0.4 is 0 Å². The molecule has 1 aromatic heterocycles. The van der Waals surface area contributed by atoms with Gasteiger partial charge in [0.15, 0.2) is 5.78 Å². The van der Waals surface area contributed by atoms with Crippen molar-refractivity contribution in [1.82, 2.24) is 4.98 Å². The number of hydrogen-bond donors (Lipinski definition) is 0. The van der Waals surface area contributed by atoms with E-state index in [9.17, 15) is 18.0 Å². The maximum atomic E-state index is 12.2. The van der Waals surface area contributed by atoms with E-state index in [1.54, 1.807) is 0 Å². The molecular formula is C10H10F3NO2. The van der Waals surface area contributed by atoms with Crippen LogP contribution in [0.3, 0.4) is 0 Å². The number of rotatable bonds is 4. The monoisotopic (exact) mass is 233 g/mol. The summed E-state index contributed by atoms with van der Waals surface area (Å²) < 4.78 is 41.1. The van der Waals surface area contributed by atoms with Crippen molar-refractivity contribution in [1.29, 1.82) is 0 Å². The van der Waals surface area contributed by atoms with Crippen LogP contribution >= 0.6 is 0 Å². The van der Waals surface area contributed by atoms with Gasteiger partial charge in [0.05, 0.1) is 12.0 Å². The molecule has 0 aromatic carbocycles. The Kier molecular flexibility index (Phi) is 4.00. The number of carbonyl (C=O) groups is 1. The highest BCUT2D eigenvalue weighted by molar-refractivity contribution is 5.81. The van der Waals surface area contributed by atoms with Crippen LogP contribution in [0.25, 0.3) is 0 Å². The maximum Gasteiger partial charge on any atom is 0.417 e. The van der Waals surface area contributed by atoms with Crippen LogP contribution in [0.2, 0.25) is 0 Å². The lowest BCUT2D eigenvalue weighted by molar-refractivity contribution is -0.137. The van der Waals surface area contributed by atoms with Gasteiger partial charge in [-0.1, -0.05) is 0 Å². The number of alkyl halides is 3. The van der Waals surface area contributed by atoms with Crippen LogP contribution in [0.4, 0.5) is 13.2 Å². The third-order valence-electron chi connectivity index (χ3n) is 1.84. The number of methoxy groups -OCH3 is 1. The van der Waals surface area contributed by atoms with Gasteiger partial charge in [-0.15, -0.1) is 0 Å². The summed E-state index contributed by atoms with van der Waals surface area (Å²) in [6, 6.07) is 2.10. The normalized spacial score (nSPS) is 11.5. The topological polar surface area (TPSA) is 39.2 Å². The molecule has 0 amide bonds. The number of ether oxygens (including phenoxy) is 1. The van der Waals surface area contributed by atoms with E-state index in [4.69, 9.17) is 0 Å². The van der Waals surface area contributed by atoms with Crippen molar-refractivity contribution >= 4 is 5.78 Å². The van der Waals surface area contributed by atoms with Gasteiger partial charge >= 0.3 is 6.18 Å². The van der Waals surface area contributed by atoms with E-state index >= 15 is 0 Å². The fourth-order valence-corrected chi connectivity index (χ4v) is 1.11. The summed E-state index contributed by atoms with van der Waals surface area (Å²) in [5, 5.41) is 0. The number of halogens is 3. The molecule has 0 aliphatic rings. The van der Waals surface area contributed by atoms with Crippen LogP contribution in [-0.2, 0) is 22.1 Å². The van der Waals surface area contributed by atoms with Gasteiger partial charge in [0.25, 0.3) is 0 Å². The van der Waals surface area contributed by atoms with Crippen molar-refractivity contribution in [3.05, 3.63) is 29.6 Å². The van der Waals surface area contributed by atoms with Crippen LogP contribution in [0.1, 0.15) is 11.3 Å². The Labute approximate surface area is 90.2 Å². The lowest BCUT2D eigenvalue weighted by Crippen LogP contribution is -2.11. The molecule has 88 valence electrons. The standard InChI is InChI=1S/C10H10F3NO2/c1-16-6-9(15)4-8-3-2-7(5-14-8)10(11,12)13/h2-3,5H,4,6H2,1H3. The van der Waals surface area contributed by atoms with Gasteiger partial charge in [-0.05, 0) is 12.1 Å². The Balaban J connectivity index is 2.69. The first-order valence-electron chi connectivity index (χ1n) is 4.46. The first-order valence-corrected chi connectivity index (χ1v) is 4.46. The summed E-state index contributed by atoms with van der Waals surface area (Å²) in [6.45, 7) is -0.0668. The van der Waals surface area contributed by atoms with Crippen LogP contribution in [-0.4, -0.2) is 24.5 Å². The number of carbonyl (C=O) groups excluding carboxylic acids is 1. The third-order valence-corrected chi connectivity index (χ3v) is 1.84. The highest BCUT2D eigenvalue weighted by atomic mass is 19.4. The fraction of sp³-hybridized carbons (Fsp3) is 0.400. The van der Waals surface area contributed by atoms with E-state index in [2.05, 4.69) is 9.72 Å². The molecule has 0 aliphatic carbocycles. The molecule has 0 spiro atoms. The number of hydrogen-bond acceptors (Lipinski definition) is 3. The minimum Gasteiger partial charge on any atom is -0.377 e. The zero-order valence-electron chi connectivity index (χ0n) is 8.54. The quantitative estimate of drug-likeness (QED) is 0.796. The molecule has 0 unspecified atom stereocenters. The summed E-state index contributed by atoms with van der Waals surface area (Å²) in [5.74, 6) is -0.227. The Morgan fingerprint density at radius 1 is 1.44 bits per heavy atom. The highest BCUT2D eigenvalue weighted by Crippen LogP contribution is 2.28. The number of Topliss-reactive ketones (excluding diaryl/α,β-unsaturated/α-hetero) is 1. The smallest absolute Gasteiger partial charge is 0.377 e. The molecule has 3 nitrogen and oxygen atoms in total. The fourth-order valence-electron chi connectivity index (χ4n) is 1.11. The van der Waals surface area contributed by atoms with E-state index in [0.717, 1.165) is 12.3 Å². The van der Waals surface area contributed by atoms with Gasteiger partial charge in [0, 0.05) is 19.0 Å². The number of ketones is 1. The Morgan fingerprint density at radius 3 is 2.56 bits per heavy atom. The van der Waals surface area contributed by atoms with E-state index in [1.165, 1.54) is 13.2 Å². The molecule has 0 atom stereocenters. The molecule has 6 heteroatoms. The van der Waals surface area contributed by atoms with Crippen molar-refractivity contribution in [3.63, 3.8) is 0 Å². The van der Waals surface area contributed by atoms with Gasteiger partial charge in [-0.25, -0.2) is 0 Å². The van der Waals surface area contributed by atoms with E-state index in [-0.39, 0.29) is 18.8 Å². The third kappa shape index (κ3) is 3.62. The predicted octanol–water partition coefficient (Wildman–Crippen LogP) is 1.86. The molecule has 1 heterocycles. The van der Waals surface area contributed by atoms with Crippen LogP contribution in [0, 0.1) is 0 Å².